The third-order valence-electron chi connectivity index (χ3n) is 2.57. The van der Waals surface area contributed by atoms with Gasteiger partial charge >= 0.3 is 0 Å². The van der Waals surface area contributed by atoms with Gasteiger partial charge in [0.1, 0.15) is 5.75 Å². The van der Waals surface area contributed by atoms with Crippen LogP contribution >= 0.6 is 0 Å². The molecule has 0 spiro atoms. The monoisotopic (exact) mass is 280 g/mol. The highest BCUT2D eigenvalue weighted by Crippen LogP contribution is 2.40. The Morgan fingerprint density at radius 1 is 1.37 bits per heavy atom. The van der Waals surface area contributed by atoms with Gasteiger partial charge in [0.25, 0.3) is 0 Å². The fourth-order valence-electron chi connectivity index (χ4n) is 1.69. The van der Waals surface area contributed by atoms with Crippen molar-refractivity contribution in [1.29, 1.82) is 0 Å². The van der Waals surface area contributed by atoms with Gasteiger partial charge in [-0.1, -0.05) is 31.2 Å². The standard InChI is InChI=1S/C16H25NO2/c1-17(2)12-15(13-6-8-14(18)9-7-13)16(19)10-4-3-5-11-16/h6-9,15,18-19H,3-5,10-12H2,1-2H3/i1D3,3D2,4D2,5D2,6D,7D,8D,9D,10D2,11D2. The molecule has 106 valence electrons. The number of phenolic OH excluding ortho intramolecular Hbond substituents is 1. The molecule has 2 rings (SSSR count). The molecule has 0 amide bonds. The second-order valence-electron chi connectivity index (χ2n) is 4.09. The van der Waals surface area contributed by atoms with E-state index in [9.17, 15) is 10.2 Å². The molecule has 1 fully saturated rings. The maximum atomic E-state index is 11.8. The quantitative estimate of drug-likeness (QED) is 0.891. The molecule has 1 saturated carbocycles. The SMILES string of the molecule is [2H]c1c([2H])c(C(CN(C)C([2H])([2H])[2H])C2(O)C([2H])([2H])C([2H])([2H])C([2H])([2H])C([2H])([2H])C2([2H])[2H])c([2H])c([2H])c1O. The number of nitrogens with zero attached hydrogens (tertiary/aromatic N) is 1. The van der Waals surface area contributed by atoms with Gasteiger partial charge in [-0.2, -0.15) is 0 Å². The summed E-state index contributed by atoms with van der Waals surface area (Å²) in [7, 11) is 0.900. The number of aliphatic hydroxyl groups is 1. The Labute approximate surface area is 139 Å². The summed E-state index contributed by atoms with van der Waals surface area (Å²) in [5.74, 6) is -3.69. The smallest absolute Gasteiger partial charge is 0.115 e. The highest BCUT2D eigenvalue weighted by Gasteiger charge is 2.38. The Bertz CT molecular complexity index is 991. The lowest BCUT2D eigenvalue weighted by Crippen LogP contribution is -2.42. The summed E-state index contributed by atoms with van der Waals surface area (Å²) in [6.45, 7) is -4.20. The van der Waals surface area contributed by atoms with Crippen LogP contribution in [-0.2, 0) is 0 Å². The van der Waals surface area contributed by atoms with Gasteiger partial charge in [-0.15, -0.1) is 0 Å². The van der Waals surface area contributed by atoms with Gasteiger partial charge in [0.2, 0.25) is 0 Å². The van der Waals surface area contributed by atoms with E-state index in [0.717, 1.165) is 7.05 Å². The zero-order valence-electron chi connectivity index (χ0n) is 27.1. The summed E-state index contributed by atoms with van der Waals surface area (Å²) < 4.78 is 137. The van der Waals surface area contributed by atoms with E-state index in [1.54, 1.807) is 0 Å². The van der Waals surface area contributed by atoms with Crippen LogP contribution in [0.1, 0.15) is 66.6 Å². The number of phenols is 1. The summed E-state index contributed by atoms with van der Waals surface area (Å²) in [5, 5.41) is 21.7. The van der Waals surface area contributed by atoms with Crippen molar-refractivity contribution in [3.05, 3.63) is 29.7 Å². The number of benzene rings is 1. The first-order valence-electron chi connectivity index (χ1n) is 13.9. The summed E-state index contributed by atoms with van der Waals surface area (Å²) in [6, 6.07) is -4.52. The van der Waals surface area contributed by atoms with Crippen molar-refractivity contribution in [2.45, 2.75) is 43.4 Å². The Balaban J connectivity index is 3.14. The number of hydrogen-bond acceptors (Lipinski definition) is 3. The molecule has 1 aliphatic carbocycles. The zero-order chi connectivity index (χ0) is 28.8. The van der Waals surface area contributed by atoms with Gasteiger partial charge in [0.05, 0.1) is 11.1 Å². The summed E-state index contributed by atoms with van der Waals surface area (Å²) in [6.07, 6.45) is -20.0. The van der Waals surface area contributed by atoms with Crippen molar-refractivity contribution in [2.24, 2.45) is 0 Å². The predicted molar refractivity (Wildman–Crippen MR) is 77.4 cm³/mol. The number of likely N-dealkylation sites (N-methyl/N-ethyl adjacent to an activating group) is 1. The van der Waals surface area contributed by atoms with Crippen LogP contribution < -0.4 is 0 Å². The van der Waals surface area contributed by atoms with Crippen molar-refractivity contribution in [3.8, 4) is 5.75 Å². The normalized spacial score (nSPS) is 47.4. The average molecular weight is 280 g/mol. The van der Waals surface area contributed by atoms with E-state index in [1.807, 2.05) is 0 Å². The fourth-order valence-corrected chi connectivity index (χ4v) is 1.69. The lowest BCUT2D eigenvalue weighted by atomic mass is 9.72. The van der Waals surface area contributed by atoms with E-state index >= 15 is 0 Å². The number of rotatable bonds is 4. The molecule has 1 atom stereocenters. The predicted octanol–water partition coefficient (Wildman–Crippen LogP) is 2.73. The third-order valence-corrected chi connectivity index (χ3v) is 2.57. The van der Waals surface area contributed by atoms with E-state index in [1.165, 1.54) is 0 Å². The van der Waals surface area contributed by atoms with Crippen LogP contribution in [0.2, 0.25) is 0 Å². The van der Waals surface area contributed by atoms with Gasteiger partial charge in [-0.25, -0.2) is 0 Å². The Morgan fingerprint density at radius 2 is 2.00 bits per heavy atom. The maximum absolute atomic E-state index is 11.8. The fraction of sp³-hybridized carbons (Fsp3) is 0.625. The lowest BCUT2D eigenvalue weighted by molar-refractivity contribution is -0.0277. The van der Waals surface area contributed by atoms with Crippen molar-refractivity contribution in [2.75, 3.05) is 20.6 Å². The van der Waals surface area contributed by atoms with Crippen molar-refractivity contribution in [3.63, 3.8) is 0 Å². The molecule has 1 unspecified atom stereocenters. The van der Waals surface area contributed by atoms with Gasteiger partial charge in [0.15, 0.2) is 0 Å². The van der Waals surface area contributed by atoms with Crippen molar-refractivity contribution in [1.82, 2.24) is 4.90 Å². The molecular formula is C16H25NO2. The number of aromatic hydroxyl groups is 1. The van der Waals surface area contributed by atoms with Gasteiger partial charge in [-0.3, -0.25) is 0 Å². The van der Waals surface area contributed by atoms with Crippen LogP contribution in [0.25, 0.3) is 0 Å². The van der Waals surface area contributed by atoms with E-state index < -0.39 is 92.4 Å². The molecule has 0 aliphatic heterocycles. The average Bonchev–Trinajstić information content (AvgIpc) is 2.72. The topological polar surface area (TPSA) is 43.7 Å². The van der Waals surface area contributed by atoms with Crippen LogP contribution in [-0.4, -0.2) is 41.3 Å². The van der Waals surface area contributed by atoms with Gasteiger partial charge in [0, 0.05) is 30.3 Å². The van der Waals surface area contributed by atoms with Gasteiger partial charge < -0.3 is 15.1 Å². The summed E-state index contributed by atoms with van der Waals surface area (Å²) in [5.41, 5.74) is -5.05. The molecule has 0 heterocycles. The van der Waals surface area contributed by atoms with E-state index in [-0.39, 0.29) is 0 Å². The van der Waals surface area contributed by atoms with Crippen LogP contribution in [0.5, 0.6) is 5.75 Å². The Morgan fingerprint density at radius 3 is 2.58 bits per heavy atom. The molecule has 3 nitrogen and oxygen atoms in total. The lowest BCUT2D eigenvalue weighted by Gasteiger charge is -2.40. The molecule has 1 aromatic rings. The van der Waals surface area contributed by atoms with Crippen molar-refractivity contribution >= 4 is 0 Å². The first-order chi connectivity index (χ1) is 15.7. The van der Waals surface area contributed by atoms with Crippen LogP contribution in [0.3, 0.4) is 0 Å². The van der Waals surface area contributed by atoms with Crippen LogP contribution in [0, 0.1) is 0 Å². The van der Waals surface area contributed by atoms with E-state index in [0.29, 0.717) is 4.90 Å². The first kappa shape index (κ1) is 3.99. The third kappa shape index (κ3) is 3.48. The summed E-state index contributed by atoms with van der Waals surface area (Å²) in [4.78, 5) is 0.440. The highest BCUT2D eigenvalue weighted by atomic mass is 16.3. The van der Waals surface area contributed by atoms with E-state index in [2.05, 4.69) is 0 Å². The number of hydrogen-bond donors (Lipinski definition) is 2. The molecule has 1 aliphatic rings. The molecule has 0 bridgehead atoms. The Kier molecular flexibility index (Phi) is 1.24. The van der Waals surface area contributed by atoms with E-state index in [4.69, 9.17) is 23.3 Å². The molecule has 2 N–H and O–H groups in total. The molecular weight excluding hydrogens is 238 g/mol. The maximum Gasteiger partial charge on any atom is 0.115 e. The van der Waals surface area contributed by atoms with Gasteiger partial charge in [-0.05, 0) is 44.4 Å². The molecule has 0 aromatic heterocycles. The molecule has 19 heavy (non-hydrogen) atoms. The van der Waals surface area contributed by atoms with Crippen molar-refractivity contribution < 1.29 is 33.5 Å². The largest absolute Gasteiger partial charge is 0.508 e. The zero-order valence-corrected chi connectivity index (χ0v) is 10.1. The highest BCUT2D eigenvalue weighted by molar-refractivity contribution is 5.30. The molecule has 0 saturated heterocycles. The van der Waals surface area contributed by atoms with Crippen LogP contribution in [0.4, 0.5) is 0 Å². The molecule has 3 heteroatoms. The first-order valence-corrected chi connectivity index (χ1v) is 5.42. The molecule has 1 aromatic carbocycles. The Hall–Kier alpha value is -1.06. The molecule has 0 radical (unpaired) electrons. The van der Waals surface area contributed by atoms with Crippen LogP contribution in [0.15, 0.2) is 24.2 Å². The summed E-state index contributed by atoms with van der Waals surface area (Å²) >= 11 is 0. The minimum Gasteiger partial charge on any atom is -0.508 e. The minimum atomic E-state index is -4.06. The second-order valence-corrected chi connectivity index (χ2v) is 4.09. The minimum absolute atomic E-state index is 0.440. The second kappa shape index (κ2) is 5.93.